The molecule has 1 aromatic rings. The molecule has 1 aliphatic heterocycles. The van der Waals surface area contributed by atoms with Crippen molar-refractivity contribution in [1.29, 1.82) is 0 Å². The van der Waals surface area contributed by atoms with Gasteiger partial charge in [-0.15, -0.1) is 0 Å². The van der Waals surface area contributed by atoms with Gasteiger partial charge < -0.3 is 15.5 Å². The van der Waals surface area contributed by atoms with Crippen molar-refractivity contribution in [2.75, 3.05) is 18.6 Å². The number of alkyl carbamates (subject to hydrolysis) is 1. The van der Waals surface area contributed by atoms with Crippen molar-refractivity contribution in [2.24, 2.45) is 0 Å². The van der Waals surface area contributed by atoms with Crippen molar-refractivity contribution in [3.63, 3.8) is 0 Å². The van der Waals surface area contributed by atoms with Crippen LogP contribution in [0.2, 0.25) is 5.15 Å². The van der Waals surface area contributed by atoms with Gasteiger partial charge in [0.1, 0.15) is 5.15 Å². The summed E-state index contributed by atoms with van der Waals surface area (Å²) in [7, 11) is 0. The monoisotopic (exact) mass is 296 g/mol. The summed E-state index contributed by atoms with van der Waals surface area (Å²) < 4.78 is 5.00. The third-order valence-corrected chi connectivity index (χ3v) is 2.92. The molecule has 0 unspecified atom stereocenters. The van der Waals surface area contributed by atoms with Gasteiger partial charge in [0, 0.05) is 0 Å². The summed E-state index contributed by atoms with van der Waals surface area (Å²) in [5.41, 5.74) is 8.30. The highest BCUT2D eigenvalue weighted by Gasteiger charge is 2.11. The van der Waals surface area contributed by atoms with Crippen LogP contribution in [-0.2, 0) is 4.74 Å². The Morgan fingerprint density at radius 1 is 1.45 bits per heavy atom. The van der Waals surface area contributed by atoms with Gasteiger partial charge in [0.15, 0.2) is 0 Å². The van der Waals surface area contributed by atoms with E-state index >= 15 is 0 Å². The Balaban J connectivity index is 1.86. The average Bonchev–Trinajstić information content (AvgIpc) is 2.45. The zero-order chi connectivity index (χ0) is 14.4. The lowest BCUT2D eigenvalue weighted by molar-refractivity contribution is 0.145. The summed E-state index contributed by atoms with van der Waals surface area (Å²) in [4.78, 5) is 15.6. The fourth-order valence-electron chi connectivity index (χ4n) is 1.64. The maximum absolute atomic E-state index is 11.4. The molecule has 0 radical (unpaired) electrons. The van der Waals surface area contributed by atoms with Crippen molar-refractivity contribution in [2.45, 2.75) is 19.8 Å². The van der Waals surface area contributed by atoms with Crippen LogP contribution in [-0.4, -0.2) is 24.2 Å². The zero-order valence-electron chi connectivity index (χ0n) is 11.2. The van der Waals surface area contributed by atoms with Gasteiger partial charge in [-0.3, -0.25) is 5.43 Å². The van der Waals surface area contributed by atoms with Crippen LogP contribution in [0.5, 0.6) is 0 Å². The number of amides is 1. The largest absolute Gasteiger partial charge is 0.450 e. The second kappa shape index (κ2) is 7.00. The SMILES string of the molecule is CCCCOC(=O)NCC1=Cc2nc(Cl)ccc2NN1. The molecule has 0 spiro atoms. The van der Waals surface area contributed by atoms with Crippen LogP contribution in [0.4, 0.5) is 10.5 Å². The first-order valence-corrected chi connectivity index (χ1v) is 6.86. The number of rotatable bonds is 5. The molecule has 6 nitrogen and oxygen atoms in total. The van der Waals surface area contributed by atoms with Crippen molar-refractivity contribution in [3.8, 4) is 0 Å². The molecule has 0 saturated heterocycles. The number of nitrogens with one attached hydrogen (secondary N) is 3. The van der Waals surface area contributed by atoms with E-state index in [4.69, 9.17) is 16.3 Å². The van der Waals surface area contributed by atoms with Gasteiger partial charge in [-0.2, -0.15) is 0 Å². The number of pyridine rings is 1. The van der Waals surface area contributed by atoms with Crippen molar-refractivity contribution in [3.05, 3.63) is 28.7 Å². The standard InChI is InChI=1S/C13H17ClN4O2/c1-2-3-6-20-13(19)15-8-9-7-11-10(18-17-9)4-5-12(14)16-11/h4-5,7,17-18H,2-3,6,8H2,1H3,(H,15,19). The van der Waals surface area contributed by atoms with E-state index in [0.29, 0.717) is 18.3 Å². The number of carbonyl (C=O) groups excluding carboxylic acids is 1. The van der Waals surface area contributed by atoms with Crippen molar-refractivity contribution < 1.29 is 9.53 Å². The molecule has 0 saturated carbocycles. The number of aromatic nitrogens is 1. The van der Waals surface area contributed by atoms with E-state index in [9.17, 15) is 4.79 Å². The number of hydrazine groups is 1. The first-order chi connectivity index (χ1) is 9.69. The molecule has 1 aromatic heterocycles. The van der Waals surface area contributed by atoms with E-state index in [1.807, 2.05) is 19.1 Å². The quantitative estimate of drug-likeness (QED) is 0.575. The minimum Gasteiger partial charge on any atom is -0.450 e. The lowest BCUT2D eigenvalue weighted by atomic mass is 10.2. The predicted octanol–water partition coefficient (Wildman–Crippen LogP) is 2.53. The van der Waals surface area contributed by atoms with E-state index in [1.165, 1.54) is 0 Å². The van der Waals surface area contributed by atoms with Gasteiger partial charge in [-0.1, -0.05) is 24.9 Å². The summed E-state index contributed by atoms with van der Waals surface area (Å²) in [5.74, 6) is 0. The number of halogens is 1. The summed E-state index contributed by atoms with van der Waals surface area (Å²) in [6.45, 7) is 2.80. The average molecular weight is 297 g/mol. The normalized spacial score (nSPS) is 12.6. The fourth-order valence-corrected chi connectivity index (χ4v) is 1.79. The molecule has 0 fully saturated rings. The number of hydrogen-bond donors (Lipinski definition) is 3. The molecule has 1 amide bonds. The molecule has 0 bridgehead atoms. The van der Waals surface area contributed by atoms with Gasteiger partial charge >= 0.3 is 6.09 Å². The van der Waals surface area contributed by atoms with E-state index in [0.717, 1.165) is 29.9 Å². The smallest absolute Gasteiger partial charge is 0.407 e. The Bertz CT molecular complexity index is 519. The molecule has 108 valence electrons. The van der Waals surface area contributed by atoms with Crippen molar-refractivity contribution in [1.82, 2.24) is 15.7 Å². The summed E-state index contributed by atoms with van der Waals surface area (Å²) in [6.07, 6.45) is 3.26. The summed E-state index contributed by atoms with van der Waals surface area (Å²) in [6, 6.07) is 3.54. The number of ether oxygens (including phenoxy) is 1. The van der Waals surface area contributed by atoms with Gasteiger partial charge in [0.25, 0.3) is 0 Å². The number of hydrogen-bond acceptors (Lipinski definition) is 5. The highest BCUT2D eigenvalue weighted by molar-refractivity contribution is 6.29. The third kappa shape index (κ3) is 4.03. The predicted molar refractivity (Wildman–Crippen MR) is 78.2 cm³/mol. The van der Waals surface area contributed by atoms with Crippen LogP contribution in [0, 0.1) is 0 Å². The first-order valence-electron chi connectivity index (χ1n) is 6.49. The fraction of sp³-hybridized carbons (Fsp3) is 0.385. The van der Waals surface area contributed by atoms with Crippen LogP contribution in [0.15, 0.2) is 17.8 Å². The second-order valence-corrected chi connectivity index (χ2v) is 4.72. The van der Waals surface area contributed by atoms with Gasteiger partial charge in [-0.05, 0) is 24.6 Å². The molecular formula is C13H17ClN4O2. The van der Waals surface area contributed by atoms with Crippen LogP contribution >= 0.6 is 11.6 Å². The highest BCUT2D eigenvalue weighted by Crippen LogP contribution is 2.21. The lowest BCUT2D eigenvalue weighted by Gasteiger charge is -2.20. The van der Waals surface area contributed by atoms with E-state index in [-0.39, 0.29) is 0 Å². The molecule has 0 atom stereocenters. The molecule has 3 N–H and O–H groups in total. The molecule has 0 aromatic carbocycles. The third-order valence-electron chi connectivity index (χ3n) is 2.71. The molecule has 2 heterocycles. The minimum absolute atomic E-state index is 0.325. The zero-order valence-corrected chi connectivity index (χ0v) is 12.0. The second-order valence-electron chi connectivity index (χ2n) is 4.33. The molecule has 1 aliphatic rings. The molecule has 7 heteroatoms. The first kappa shape index (κ1) is 14.5. The number of anilines is 1. The Morgan fingerprint density at radius 3 is 3.10 bits per heavy atom. The number of unbranched alkanes of at least 4 members (excludes halogenated alkanes) is 1. The van der Waals surface area contributed by atoms with E-state index in [1.54, 1.807) is 6.07 Å². The van der Waals surface area contributed by atoms with Crippen molar-refractivity contribution >= 4 is 29.5 Å². The van der Waals surface area contributed by atoms with Crippen LogP contribution in [0.1, 0.15) is 25.5 Å². The Labute approximate surface area is 122 Å². The minimum atomic E-state index is -0.425. The lowest BCUT2D eigenvalue weighted by Crippen LogP contribution is -2.34. The van der Waals surface area contributed by atoms with Crippen LogP contribution < -0.4 is 16.2 Å². The van der Waals surface area contributed by atoms with E-state index in [2.05, 4.69) is 21.2 Å². The van der Waals surface area contributed by atoms with E-state index < -0.39 is 6.09 Å². The number of nitrogens with zero attached hydrogens (tertiary/aromatic N) is 1. The molecule has 20 heavy (non-hydrogen) atoms. The Kier molecular flexibility index (Phi) is 5.06. The number of fused-ring (bicyclic) bond motifs is 1. The molecule has 0 aliphatic carbocycles. The topological polar surface area (TPSA) is 75.3 Å². The highest BCUT2D eigenvalue weighted by atomic mass is 35.5. The summed E-state index contributed by atoms with van der Waals surface area (Å²) >= 11 is 5.84. The molecule has 2 rings (SSSR count). The Hall–Kier alpha value is -1.95. The van der Waals surface area contributed by atoms with Gasteiger partial charge in [0.2, 0.25) is 0 Å². The Morgan fingerprint density at radius 2 is 2.30 bits per heavy atom. The number of carbonyl (C=O) groups is 1. The van der Waals surface area contributed by atoms with Gasteiger partial charge in [-0.25, -0.2) is 9.78 Å². The van der Waals surface area contributed by atoms with Gasteiger partial charge in [0.05, 0.1) is 30.2 Å². The molecular weight excluding hydrogens is 280 g/mol. The maximum atomic E-state index is 11.4. The van der Waals surface area contributed by atoms with Crippen LogP contribution in [0.25, 0.3) is 6.08 Å². The summed E-state index contributed by atoms with van der Waals surface area (Å²) in [5, 5.41) is 3.09. The maximum Gasteiger partial charge on any atom is 0.407 e. The van der Waals surface area contributed by atoms with Crippen LogP contribution in [0.3, 0.4) is 0 Å².